The van der Waals surface area contributed by atoms with Gasteiger partial charge in [-0.25, -0.2) is 4.39 Å². The Morgan fingerprint density at radius 2 is 1.96 bits per heavy atom. The number of benzene rings is 2. The van der Waals surface area contributed by atoms with Gasteiger partial charge in [0, 0.05) is 25.2 Å². The van der Waals surface area contributed by atoms with E-state index in [2.05, 4.69) is 5.32 Å². The van der Waals surface area contributed by atoms with E-state index in [1.165, 1.54) is 12.1 Å². The quantitative estimate of drug-likeness (QED) is 0.780. The van der Waals surface area contributed by atoms with E-state index in [1.807, 2.05) is 42.5 Å². The Kier molecular flexibility index (Phi) is 4.54. The van der Waals surface area contributed by atoms with Crippen molar-refractivity contribution >= 4 is 5.91 Å². The number of carbonyl (C=O) groups excluding carboxylic acids is 1. The number of hydrogen-bond donors (Lipinski definition) is 1. The second-order valence-electron chi connectivity index (χ2n) is 6.34. The van der Waals surface area contributed by atoms with Crippen molar-refractivity contribution in [2.24, 2.45) is 0 Å². The highest BCUT2D eigenvalue weighted by atomic mass is 19.1. The fourth-order valence-corrected chi connectivity index (χ4v) is 3.34. The molecule has 1 atom stereocenters. The molecule has 5 heteroatoms. The lowest BCUT2D eigenvalue weighted by Crippen LogP contribution is -2.48. The predicted octanol–water partition coefficient (Wildman–Crippen LogP) is 3.87. The van der Waals surface area contributed by atoms with Crippen molar-refractivity contribution in [3.63, 3.8) is 0 Å². The molecular weight excluding hydrogens is 331 g/mol. The number of nitrogens with one attached hydrogen (secondary N) is 1. The van der Waals surface area contributed by atoms with E-state index >= 15 is 0 Å². The van der Waals surface area contributed by atoms with Crippen LogP contribution in [0.1, 0.15) is 22.2 Å². The summed E-state index contributed by atoms with van der Waals surface area (Å²) in [6.07, 6.45) is 1.54. The first-order valence-corrected chi connectivity index (χ1v) is 8.63. The molecule has 1 fully saturated rings. The van der Waals surface area contributed by atoms with E-state index in [0.717, 1.165) is 16.7 Å². The summed E-state index contributed by atoms with van der Waals surface area (Å²) >= 11 is 0. The van der Waals surface area contributed by atoms with Gasteiger partial charge in [-0.15, -0.1) is 0 Å². The van der Waals surface area contributed by atoms with Crippen molar-refractivity contribution < 1.29 is 13.6 Å². The zero-order chi connectivity index (χ0) is 17.9. The number of nitrogens with zero attached hydrogens (tertiary/aromatic N) is 1. The lowest BCUT2D eigenvalue weighted by Gasteiger charge is -2.33. The van der Waals surface area contributed by atoms with Crippen LogP contribution in [-0.4, -0.2) is 30.4 Å². The lowest BCUT2D eigenvalue weighted by molar-refractivity contribution is 0.0672. The molecule has 4 nitrogen and oxygen atoms in total. The van der Waals surface area contributed by atoms with E-state index in [0.29, 0.717) is 25.4 Å². The molecule has 1 aliphatic heterocycles. The Hall–Kier alpha value is -2.92. The van der Waals surface area contributed by atoms with Gasteiger partial charge in [-0.2, -0.15) is 0 Å². The minimum Gasteiger partial charge on any atom is -0.459 e. The van der Waals surface area contributed by atoms with Crippen molar-refractivity contribution in [3.05, 3.63) is 84.1 Å². The van der Waals surface area contributed by atoms with E-state index in [1.54, 1.807) is 17.2 Å². The van der Waals surface area contributed by atoms with Gasteiger partial charge in [0.1, 0.15) is 5.82 Å². The molecule has 0 saturated carbocycles. The van der Waals surface area contributed by atoms with Crippen molar-refractivity contribution in [2.75, 3.05) is 19.6 Å². The Morgan fingerprint density at radius 3 is 2.77 bits per heavy atom. The molecule has 0 radical (unpaired) electrons. The van der Waals surface area contributed by atoms with Gasteiger partial charge < -0.3 is 14.6 Å². The zero-order valence-electron chi connectivity index (χ0n) is 14.2. The highest BCUT2D eigenvalue weighted by molar-refractivity contribution is 5.98. The van der Waals surface area contributed by atoms with Crippen LogP contribution in [-0.2, 0) is 0 Å². The second-order valence-corrected chi connectivity index (χ2v) is 6.34. The molecule has 0 bridgehead atoms. The van der Waals surface area contributed by atoms with Gasteiger partial charge in [0.2, 0.25) is 0 Å². The minimum atomic E-state index is -0.273. The molecular formula is C21H19FN2O2. The van der Waals surface area contributed by atoms with Gasteiger partial charge in [-0.1, -0.05) is 42.5 Å². The molecule has 0 spiro atoms. The first-order chi connectivity index (χ1) is 12.7. The smallest absolute Gasteiger partial charge is 0.290 e. The van der Waals surface area contributed by atoms with Gasteiger partial charge >= 0.3 is 0 Å². The van der Waals surface area contributed by atoms with Crippen LogP contribution in [0.5, 0.6) is 0 Å². The third kappa shape index (κ3) is 3.26. The van der Waals surface area contributed by atoms with Gasteiger partial charge in [0.05, 0.1) is 12.3 Å². The average molecular weight is 350 g/mol. The molecule has 26 heavy (non-hydrogen) atoms. The van der Waals surface area contributed by atoms with Crippen LogP contribution in [0, 0.1) is 5.82 Å². The summed E-state index contributed by atoms with van der Waals surface area (Å²) in [6, 6.07) is 17.9. The molecule has 3 aromatic rings. The summed E-state index contributed by atoms with van der Waals surface area (Å²) in [7, 11) is 0. The van der Waals surface area contributed by atoms with Crippen molar-refractivity contribution in [1.29, 1.82) is 0 Å². The molecule has 2 aromatic carbocycles. The maximum Gasteiger partial charge on any atom is 0.290 e. The SMILES string of the molecule is O=C(c1occc1-c1ccccc1)N1CCNC(c2cccc(F)c2)C1. The monoisotopic (exact) mass is 350 g/mol. The summed E-state index contributed by atoms with van der Waals surface area (Å²) in [5.74, 6) is -0.0713. The van der Waals surface area contributed by atoms with Crippen molar-refractivity contribution in [3.8, 4) is 11.1 Å². The molecule has 1 aliphatic rings. The van der Waals surface area contributed by atoms with Crippen LogP contribution in [0.25, 0.3) is 11.1 Å². The highest BCUT2D eigenvalue weighted by Crippen LogP contribution is 2.27. The number of rotatable bonds is 3. The van der Waals surface area contributed by atoms with Crippen LogP contribution in [0.4, 0.5) is 4.39 Å². The van der Waals surface area contributed by atoms with Crippen LogP contribution in [0.3, 0.4) is 0 Å². The zero-order valence-corrected chi connectivity index (χ0v) is 14.2. The molecule has 4 rings (SSSR count). The molecule has 1 aromatic heterocycles. The van der Waals surface area contributed by atoms with Crippen LogP contribution >= 0.6 is 0 Å². The highest BCUT2D eigenvalue weighted by Gasteiger charge is 2.28. The van der Waals surface area contributed by atoms with Gasteiger partial charge in [-0.3, -0.25) is 4.79 Å². The number of carbonyl (C=O) groups is 1. The van der Waals surface area contributed by atoms with E-state index in [-0.39, 0.29) is 17.8 Å². The molecule has 2 heterocycles. The molecule has 1 amide bonds. The van der Waals surface area contributed by atoms with Crippen LogP contribution in [0.15, 0.2) is 71.3 Å². The number of piperazine rings is 1. The van der Waals surface area contributed by atoms with E-state index in [9.17, 15) is 9.18 Å². The van der Waals surface area contributed by atoms with Gasteiger partial charge in [0.25, 0.3) is 5.91 Å². The van der Waals surface area contributed by atoms with Crippen LogP contribution in [0.2, 0.25) is 0 Å². The van der Waals surface area contributed by atoms with Crippen LogP contribution < -0.4 is 5.32 Å². The standard InChI is InChI=1S/C21H19FN2O2/c22-17-8-4-7-16(13-17)19-14-24(11-10-23-19)21(25)20-18(9-12-26-20)15-5-2-1-3-6-15/h1-9,12-13,19,23H,10-11,14H2. The summed E-state index contributed by atoms with van der Waals surface area (Å²) in [6.45, 7) is 1.70. The topological polar surface area (TPSA) is 45.5 Å². The van der Waals surface area contributed by atoms with Gasteiger partial charge in [0.15, 0.2) is 5.76 Å². The Labute approximate surface area is 151 Å². The maximum atomic E-state index is 13.5. The summed E-state index contributed by atoms with van der Waals surface area (Å²) in [5.41, 5.74) is 2.57. The molecule has 0 aliphatic carbocycles. The number of halogens is 1. The van der Waals surface area contributed by atoms with Gasteiger partial charge in [-0.05, 0) is 29.3 Å². The number of furan rings is 1. The maximum absolute atomic E-state index is 13.5. The summed E-state index contributed by atoms with van der Waals surface area (Å²) in [5, 5.41) is 3.35. The third-order valence-electron chi connectivity index (χ3n) is 4.66. The Morgan fingerprint density at radius 1 is 1.12 bits per heavy atom. The molecule has 1 unspecified atom stereocenters. The molecule has 132 valence electrons. The minimum absolute atomic E-state index is 0.0986. The van der Waals surface area contributed by atoms with Crippen molar-refractivity contribution in [2.45, 2.75) is 6.04 Å². The Balaban J connectivity index is 1.57. The largest absolute Gasteiger partial charge is 0.459 e. The Bertz CT molecular complexity index is 907. The third-order valence-corrected chi connectivity index (χ3v) is 4.66. The second kappa shape index (κ2) is 7.14. The normalized spacial score (nSPS) is 17.3. The predicted molar refractivity (Wildman–Crippen MR) is 97.2 cm³/mol. The summed E-state index contributed by atoms with van der Waals surface area (Å²) < 4.78 is 19.0. The van der Waals surface area contributed by atoms with Crippen molar-refractivity contribution in [1.82, 2.24) is 10.2 Å². The first-order valence-electron chi connectivity index (χ1n) is 8.63. The van der Waals surface area contributed by atoms with E-state index in [4.69, 9.17) is 4.42 Å². The lowest BCUT2D eigenvalue weighted by atomic mass is 10.0. The summed E-state index contributed by atoms with van der Waals surface area (Å²) in [4.78, 5) is 14.8. The average Bonchev–Trinajstić information content (AvgIpc) is 3.18. The fraction of sp³-hybridized carbons (Fsp3) is 0.190. The fourth-order valence-electron chi connectivity index (χ4n) is 3.34. The number of amides is 1. The first kappa shape index (κ1) is 16.5. The molecule has 1 N–H and O–H groups in total. The number of hydrogen-bond acceptors (Lipinski definition) is 3. The van der Waals surface area contributed by atoms with E-state index < -0.39 is 0 Å². The molecule has 1 saturated heterocycles.